The molecule has 25 heavy (non-hydrogen) atoms. The van der Waals surface area contributed by atoms with E-state index in [4.69, 9.17) is 19.9 Å². The average Bonchev–Trinajstić information content (AvgIpc) is 3.14. The lowest BCUT2D eigenvalue weighted by Crippen LogP contribution is -2.44. The van der Waals surface area contributed by atoms with Crippen LogP contribution in [-0.4, -0.2) is 32.5 Å². The summed E-state index contributed by atoms with van der Waals surface area (Å²) in [6.07, 6.45) is 9.39. The lowest BCUT2D eigenvalue weighted by atomic mass is 10.1. The Bertz CT molecular complexity index is 693. The van der Waals surface area contributed by atoms with Crippen LogP contribution in [0.4, 0.5) is 5.69 Å². The van der Waals surface area contributed by atoms with E-state index in [1.165, 1.54) is 20.0 Å². The second-order valence-corrected chi connectivity index (χ2v) is 6.17. The SMILES string of the molecule is COC(=O)C1=CC=CN(c2ccc(OC)c(OC3CCCC3)c2)C1N. The molecule has 1 fully saturated rings. The number of methoxy groups -OCH3 is 2. The summed E-state index contributed by atoms with van der Waals surface area (Å²) in [7, 11) is 2.97. The van der Waals surface area contributed by atoms with Gasteiger partial charge in [-0.25, -0.2) is 4.79 Å². The van der Waals surface area contributed by atoms with Gasteiger partial charge in [0.2, 0.25) is 0 Å². The molecule has 1 aromatic carbocycles. The number of hydrogen-bond donors (Lipinski definition) is 1. The van der Waals surface area contributed by atoms with Crippen molar-refractivity contribution in [1.82, 2.24) is 0 Å². The smallest absolute Gasteiger partial charge is 0.337 e. The number of nitrogens with zero attached hydrogens (tertiary/aromatic N) is 1. The zero-order valence-electron chi connectivity index (χ0n) is 14.6. The topological polar surface area (TPSA) is 74.0 Å². The second-order valence-electron chi connectivity index (χ2n) is 6.17. The van der Waals surface area contributed by atoms with Gasteiger partial charge in [-0.05, 0) is 50.0 Å². The molecule has 1 heterocycles. The van der Waals surface area contributed by atoms with Crippen LogP contribution in [0.3, 0.4) is 0 Å². The minimum atomic E-state index is -0.620. The number of anilines is 1. The van der Waals surface area contributed by atoms with Gasteiger partial charge in [0.1, 0.15) is 6.17 Å². The number of rotatable bonds is 5. The molecule has 6 heteroatoms. The summed E-state index contributed by atoms with van der Waals surface area (Å²) >= 11 is 0. The fourth-order valence-corrected chi connectivity index (χ4v) is 3.24. The van der Waals surface area contributed by atoms with Crippen LogP contribution in [-0.2, 0) is 9.53 Å². The van der Waals surface area contributed by atoms with Crippen molar-refractivity contribution in [2.75, 3.05) is 19.1 Å². The lowest BCUT2D eigenvalue weighted by Gasteiger charge is -2.31. The molecule has 3 rings (SSSR count). The van der Waals surface area contributed by atoms with Crippen LogP contribution in [0.15, 0.2) is 42.1 Å². The molecule has 0 radical (unpaired) electrons. The van der Waals surface area contributed by atoms with Gasteiger partial charge in [-0.3, -0.25) is 0 Å². The summed E-state index contributed by atoms with van der Waals surface area (Å²) in [5.41, 5.74) is 7.48. The van der Waals surface area contributed by atoms with Crippen molar-refractivity contribution in [2.45, 2.75) is 38.0 Å². The monoisotopic (exact) mass is 344 g/mol. The Morgan fingerprint density at radius 3 is 2.64 bits per heavy atom. The highest BCUT2D eigenvalue weighted by molar-refractivity contribution is 5.91. The van der Waals surface area contributed by atoms with Crippen molar-refractivity contribution in [1.29, 1.82) is 0 Å². The highest BCUT2D eigenvalue weighted by Gasteiger charge is 2.26. The fraction of sp³-hybridized carbons (Fsp3) is 0.421. The first-order valence-electron chi connectivity index (χ1n) is 8.49. The molecular formula is C19H24N2O4. The van der Waals surface area contributed by atoms with E-state index in [1.54, 1.807) is 19.3 Å². The van der Waals surface area contributed by atoms with Crippen molar-refractivity contribution in [2.24, 2.45) is 5.73 Å². The predicted octanol–water partition coefficient (Wildman–Crippen LogP) is 2.73. The van der Waals surface area contributed by atoms with Crippen LogP contribution in [0.1, 0.15) is 25.7 Å². The molecule has 2 N–H and O–H groups in total. The first-order valence-corrected chi connectivity index (χ1v) is 8.49. The third-order valence-corrected chi connectivity index (χ3v) is 4.60. The molecule has 1 aromatic rings. The number of carbonyl (C=O) groups excluding carboxylic acids is 1. The minimum absolute atomic E-state index is 0.222. The molecule has 0 amide bonds. The van der Waals surface area contributed by atoms with E-state index >= 15 is 0 Å². The normalized spacial score (nSPS) is 20.4. The Kier molecular flexibility index (Phi) is 5.28. The summed E-state index contributed by atoms with van der Waals surface area (Å²) in [4.78, 5) is 13.7. The van der Waals surface area contributed by atoms with Gasteiger partial charge in [-0.2, -0.15) is 0 Å². The summed E-state index contributed by atoms with van der Waals surface area (Å²) in [6, 6.07) is 5.66. The molecule has 1 aliphatic heterocycles. The molecule has 0 spiro atoms. The molecule has 6 nitrogen and oxygen atoms in total. The molecule has 0 aromatic heterocycles. The molecule has 134 valence electrons. The number of hydrogen-bond acceptors (Lipinski definition) is 6. The van der Waals surface area contributed by atoms with Crippen LogP contribution in [0.25, 0.3) is 0 Å². The third kappa shape index (κ3) is 3.64. The summed E-state index contributed by atoms with van der Waals surface area (Å²) < 4.78 is 16.4. The maximum atomic E-state index is 11.9. The molecule has 0 bridgehead atoms. The van der Waals surface area contributed by atoms with Crippen molar-refractivity contribution in [3.05, 3.63) is 42.1 Å². The molecule has 1 aliphatic carbocycles. The van der Waals surface area contributed by atoms with Crippen LogP contribution in [0.2, 0.25) is 0 Å². The van der Waals surface area contributed by atoms with Crippen molar-refractivity contribution in [3.8, 4) is 11.5 Å². The van der Waals surface area contributed by atoms with Crippen LogP contribution in [0.5, 0.6) is 11.5 Å². The number of nitrogens with two attached hydrogens (primary N) is 1. The van der Waals surface area contributed by atoms with Crippen LogP contribution >= 0.6 is 0 Å². The average molecular weight is 344 g/mol. The van der Waals surface area contributed by atoms with Crippen molar-refractivity contribution in [3.63, 3.8) is 0 Å². The highest BCUT2D eigenvalue weighted by Crippen LogP contribution is 2.36. The molecular weight excluding hydrogens is 320 g/mol. The highest BCUT2D eigenvalue weighted by atomic mass is 16.5. The number of ether oxygens (including phenoxy) is 3. The first kappa shape index (κ1) is 17.4. The Labute approximate surface area is 147 Å². The number of esters is 1. The van der Waals surface area contributed by atoms with Gasteiger partial charge in [0, 0.05) is 18.0 Å². The lowest BCUT2D eigenvalue weighted by molar-refractivity contribution is -0.136. The van der Waals surface area contributed by atoms with E-state index in [1.807, 2.05) is 29.3 Å². The van der Waals surface area contributed by atoms with Gasteiger partial charge in [0.05, 0.1) is 25.9 Å². The van der Waals surface area contributed by atoms with Gasteiger partial charge in [0.25, 0.3) is 0 Å². The molecule has 0 saturated heterocycles. The molecule has 1 atom stereocenters. The second kappa shape index (κ2) is 7.61. The van der Waals surface area contributed by atoms with E-state index in [2.05, 4.69) is 0 Å². The van der Waals surface area contributed by atoms with E-state index in [0.29, 0.717) is 17.1 Å². The van der Waals surface area contributed by atoms with Crippen molar-refractivity contribution >= 4 is 11.7 Å². The molecule has 2 aliphatic rings. The summed E-state index contributed by atoms with van der Waals surface area (Å²) in [5.74, 6) is 0.952. The predicted molar refractivity (Wildman–Crippen MR) is 95.6 cm³/mol. The number of benzene rings is 1. The van der Waals surface area contributed by atoms with E-state index in [-0.39, 0.29) is 6.10 Å². The summed E-state index contributed by atoms with van der Waals surface area (Å²) in [5, 5.41) is 0. The van der Waals surface area contributed by atoms with Crippen molar-refractivity contribution < 1.29 is 19.0 Å². The van der Waals surface area contributed by atoms with Crippen LogP contribution < -0.4 is 20.1 Å². The Morgan fingerprint density at radius 2 is 1.96 bits per heavy atom. The maximum Gasteiger partial charge on any atom is 0.337 e. The van der Waals surface area contributed by atoms with Gasteiger partial charge >= 0.3 is 5.97 Å². The minimum Gasteiger partial charge on any atom is -0.493 e. The Hall–Kier alpha value is -2.47. The fourth-order valence-electron chi connectivity index (χ4n) is 3.24. The van der Waals surface area contributed by atoms with Gasteiger partial charge in [-0.1, -0.05) is 0 Å². The quantitative estimate of drug-likeness (QED) is 0.828. The zero-order valence-corrected chi connectivity index (χ0v) is 14.6. The van der Waals surface area contributed by atoms with Gasteiger partial charge in [-0.15, -0.1) is 0 Å². The number of carbonyl (C=O) groups is 1. The van der Waals surface area contributed by atoms with E-state index in [0.717, 1.165) is 18.5 Å². The Balaban J connectivity index is 1.85. The van der Waals surface area contributed by atoms with Crippen LogP contribution in [0, 0.1) is 0 Å². The zero-order chi connectivity index (χ0) is 17.8. The standard InChI is InChI=1S/C19H24N2O4/c1-23-16-10-9-13(12-17(16)25-14-6-3-4-7-14)21-11-5-8-15(18(21)20)19(22)24-2/h5,8-12,14,18H,3-4,6-7,20H2,1-2H3. The number of allylic oxidation sites excluding steroid dienone is 2. The van der Waals surface area contributed by atoms with E-state index in [9.17, 15) is 4.79 Å². The van der Waals surface area contributed by atoms with Gasteiger partial charge < -0.3 is 24.8 Å². The Morgan fingerprint density at radius 1 is 1.20 bits per heavy atom. The summed E-state index contributed by atoms with van der Waals surface area (Å²) in [6.45, 7) is 0. The van der Waals surface area contributed by atoms with E-state index < -0.39 is 12.1 Å². The maximum absolute atomic E-state index is 11.9. The molecule has 1 saturated carbocycles. The van der Waals surface area contributed by atoms with Gasteiger partial charge in [0.15, 0.2) is 11.5 Å². The molecule has 1 unspecified atom stereocenters. The first-order chi connectivity index (χ1) is 12.1. The largest absolute Gasteiger partial charge is 0.493 e. The third-order valence-electron chi connectivity index (χ3n) is 4.60.